The molecule has 0 nitrogen and oxygen atoms in total. The van der Waals surface area contributed by atoms with Gasteiger partial charge in [0.2, 0.25) is 0 Å². The summed E-state index contributed by atoms with van der Waals surface area (Å²) in [4.78, 5) is 1.08. The van der Waals surface area contributed by atoms with Crippen molar-refractivity contribution in [1.82, 2.24) is 0 Å². The van der Waals surface area contributed by atoms with Crippen molar-refractivity contribution in [3.63, 3.8) is 0 Å². The molecule has 1 aromatic heterocycles. The Morgan fingerprint density at radius 1 is 1.75 bits per heavy atom. The monoisotopic (exact) mass is 129 g/mol. The third kappa shape index (κ3) is 1.30. The lowest BCUT2D eigenvalue weighted by Gasteiger charge is -1.83. The second kappa shape index (κ2) is 2.82. The highest BCUT2D eigenvalue weighted by Crippen LogP contribution is 2.07. The minimum Gasteiger partial charge on any atom is -0.251 e. The lowest BCUT2D eigenvalue weighted by atomic mass is 10.4. The van der Waals surface area contributed by atoms with E-state index in [0.29, 0.717) is 6.42 Å². The van der Waals surface area contributed by atoms with E-state index in [9.17, 15) is 4.39 Å². The Bertz CT molecular complexity index is 134. The SMILES string of the molecule is FCCc1cc[c]s1. The Kier molecular flexibility index (Phi) is 2.03. The Labute approximate surface area is 52.0 Å². The first-order chi connectivity index (χ1) is 3.93. The summed E-state index contributed by atoms with van der Waals surface area (Å²) in [5, 5.41) is 2.89. The Balaban J connectivity index is 2.50. The van der Waals surface area contributed by atoms with Gasteiger partial charge in [-0.15, -0.1) is 11.3 Å². The fraction of sp³-hybridized carbons (Fsp3) is 0.333. The summed E-state index contributed by atoms with van der Waals surface area (Å²) in [6, 6.07) is 3.71. The third-order valence-corrected chi connectivity index (χ3v) is 1.72. The highest BCUT2D eigenvalue weighted by Gasteiger charge is 1.89. The second-order valence-electron chi connectivity index (χ2n) is 1.46. The average Bonchev–Trinajstić information content (AvgIpc) is 2.19. The van der Waals surface area contributed by atoms with Crippen molar-refractivity contribution in [3.05, 3.63) is 22.4 Å². The van der Waals surface area contributed by atoms with Crippen LogP contribution in [-0.2, 0) is 6.42 Å². The summed E-state index contributed by atoms with van der Waals surface area (Å²) in [5.74, 6) is 0. The largest absolute Gasteiger partial charge is 0.251 e. The van der Waals surface area contributed by atoms with E-state index in [0.717, 1.165) is 4.88 Å². The molecule has 0 N–H and O–H groups in total. The number of hydrogen-bond acceptors (Lipinski definition) is 1. The number of hydrogen-bond donors (Lipinski definition) is 0. The maximum absolute atomic E-state index is 11.5. The van der Waals surface area contributed by atoms with Crippen molar-refractivity contribution in [2.45, 2.75) is 6.42 Å². The van der Waals surface area contributed by atoms with E-state index >= 15 is 0 Å². The lowest BCUT2D eigenvalue weighted by Crippen LogP contribution is -1.78. The van der Waals surface area contributed by atoms with Crippen LogP contribution in [0.2, 0.25) is 0 Å². The van der Waals surface area contributed by atoms with E-state index in [4.69, 9.17) is 0 Å². The Morgan fingerprint density at radius 3 is 3.12 bits per heavy atom. The molecule has 0 spiro atoms. The average molecular weight is 129 g/mol. The van der Waals surface area contributed by atoms with Gasteiger partial charge in [-0.25, -0.2) is 0 Å². The van der Waals surface area contributed by atoms with Gasteiger partial charge in [-0.1, -0.05) is 0 Å². The van der Waals surface area contributed by atoms with Crippen molar-refractivity contribution in [2.24, 2.45) is 0 Å². The zero-order valence-electron chi connectivity index (χ0n) is 4.36. The molecule has 8 heavy (non-hydrogen) atoms. The first-order valence-electron chi connectivity index (χ1n) is 2.44. The highest BCUT2D eigenvalue weighted by molar-refractivity contribution is 7.09. The van der Waals surface area contributed by atoms with Crippen LogP contribution in [0.15, 0.2) is 12.1 Å². The minimum atomic E-state index is -0.256. The zero-order valence-corrected chi connectivity index (χ0v) is 5.17. The molecule has 2 heteroatoms. The smallest absolute Gasteiger partial charge is 0.0942 e. The minimum absolute atomic E-state index is 0.256. The molecule has 1 aromatic rings. The highest BCUT2D eigenvalue weighted by atomic mass is 32.1. The molecular formula is C6H6FS. The molecular weight excluding hydrogens is 123 g/mol. The van der Waals surface area contributed by atoms with Crippen molar-refractivity contribution < 1.29 is 4.39 Å². The summed E-state index contributed by atoms with van der Waals surface area (Å²) in [6.45, 7) is -0.256. The number of thiophene rings is 1. The Hall–Kier alpha value is -0.370. The lowest BCUT2D eigenvalue weighted by molar-refractivity contribution is 0.497. The van der Waals surface area contributed by atoms with Crippen LogP contribution in [0.4, 0.5) is 4.39 Å². The van der Waals surface area contributed by atoms with Crippen molar-refractivity contribution in [3.8, 4) is 0 Å². The summed E-state index contributed by atoms with van der Waals surface area (Å²) in [7, 11) is 0. The Morgan fingerprint density at radius 2 is 2.62 bits per heavy atom. The molecule has 0 aromatic carbocycles. The molecule has 1 radical (unpaired) electrons. The van der Waals surface area contributed by atoms with E-state index in [1.54, 1.807) is 0 Å². The summed E-state index contributed by atoms with van der Waals surface area (Å²) in [6.07, 6.45) is 0.550. The van der Waals surface area contributed by atoms with Gasteiger partial charge in [0, 0.05) is 16.7 Å². The molecule has 0 atom stereocenters. The molecule has 0 aliphatic heterocycles. The van der Waals surface area contributed by atoms with Crippen LogP contribution in [-0.4, -0.2) is 6.67 Å². The molecule has 0 saturated heterocycles. The molecule has 0 fully saturated rings. The molecule has 43 valence electrons. The van der Waals surface area contributed by atoms with Gasteiger partial charge in [-0.2, -0.15) is 0 Å². The van der Waals surface area contributed by atoms with Gasteiger partial charge in [0.25, 0.3) is 0 Å². The number of aryl methyl sites for hydroxylation is 1. The van der Waals surface area contributed by atoms with Crippen molar-refractivity contribution in [2.75, 3.05) is 6.67 Å². The summed E-state index contributed by atoms with van der Waals surface area (Å²) in [5.41, 5.74) is 0. The van der Waals surface area contributed by atoms with Crippen LogP contribution in [0.3, 0.4) is 0 Å². The van der Waals surface area contributed by atoms with Gasteiger partial charge in [-0.05, 0) is 12.1 Å². The van der Waals surface area contributed by atoms with E-state index in [-0.39, 0.29) is 6.67 Å². The summed E-state index contributed by atoms with van der Waals surface area (Å²) < 4.78 is 11.5. The fourth-order valence-corrected chi connectivity index (χ4v) is 1.10. The van der Waals surface area contributed by atoms with Gasteiger partial charge in [0.05, 0.1) is 6.67 Å². The number of halogens is 1. The van der Waals surface area contributed by atoms with Crippen LogP contribution in [0.25, 0.3) is 0 Å². The maximum atomic E-state index is 11.5. The molecule has 0 amide bonds. The van der Waals surface area contributed by atoms with Gasteiger partial charge < -0.3 is 0 Å². The zero-order chi connectivity index (χ0) is 5.82. The fourth-order valence-electron chi connectivity index (χ4n) is 0.498. The number of alkyl halides is 1. The second-order valence-corrected chi connectivity index (χ2v) is 2.42. The van der Waals surface area contributed by atoms with Crippen LogP contribution in [0, 0.1) is 5.38 Å². The molecule has 0 unspecified atom stereocenters. The maximum Gasteiger partial charge on any atom is 0.0942 e. The van der Waals surface area contributed by atoms with Gasteiger partial charge in [0.15, 0.2) is 0 Å². The third-order valence-electron chi connectivity index (χ3n) is 0.868. The molecule has 0 aliphatic rings. The van der Waals surface area contributed by atoms with Crippen LogP contribution >= 0.6 is 11.3 Å². The molecule has 0 bridgehead atoms. The predicted molar refractivity (Wildman–Crippen MR) is 32.8 cm³/mol. The molecule has 0 saturated carbocycles. The first-order valence-corrected chi connectivity index (χ1v) is 3.26. The number of rotatable bonds is 2. The topological polar surface area (TPSA) is 0 Å². The van der Waals surface area contributed by atoms with Crippen LogP contribution in [0.5, 0.6) is 0 Å². The van der Waals surface area contributed by atoms with E-state index in [1.165, 1.54) is 11.3 Å². The quantitative estimate of drug-likeness (QED) is 0.573. The summed E-state index contributed by atoms with van der Waals surface area (Å²) >= 11 is 1.48. The van der Waals surface area contributed by atoms with Crippen LogP contribution < -0.4 is 0 Å². The van der Waals surface area contributed by atoms with Gasteiger partial charge in [0.1, 0.15) is 0 Å². The van der Waals surface area contributed by atoms with E-state index in [1.807, 2.05) is 12.1 Å². The molecule has 1 heterocycles. The predicted octanol–water partition coefficient (Wildman–Crippen LogP) is 2.06. The van der Waals surface area contributed by atoms with Crippen molar-refractivity contribution in [1.29, 1.82) is 0 Å². The van der Waals surface area contributed by atoms with E-state index < -0.39 is 0 Å². The normalized spacial score (nSPS) is 9.62. The van der Waals surface area contributed by atoms with Gasteiger partial charge in [-0.3, -0.25) is 4.39 Å². The van der Waals surface area contributed by atoms with E-state index in [2.05, 4.69) is 5.38 Å². The van der Waals surface area contributed by atoms with Gasteiger partial charge >= 0.3 is 0 Å². The molecule has 1 rings (SSSR count). The first kappa shape index (κ1) is 5.76. The standard InChI is InChI=1S/C6H6FS/c7-4-3-6-2-1-5-8-6/h1-2H,3-4H2. The molecule has 0 aliphatic carbocycles. The van der Waals surface area contributed by atoms with Crippen molar-refractivity contribution >= 4 is 11.3 Å². The van der Waals surface area contributed by atoms with Crippen LogP contribution in [0.1, 0.15) is 4.88 Å².